The number of methoxy groups -OCH3 is 1. The summed E-state index contributed by atoms with van der Waals surface area (Å²) >= 11 is 2.20. The molecule has 43 heavy (non-hydrogen) atoms. The Labute approximate surface area is 258 Å². The fourth-order valence-corrected chi connectivity index (χ4v) is 7.30. The van der Waals surface area contributed by atoms with Gasteiger partial charge in [0.25, 0.3) is 0 Å². The normalized spacial score (nSPS) is 24.4. The van der Waals surface area contributed by atoms with Crippen molar-refractivity contribution >= 4 is 59.3 Å². The maximum Gasteiger partial charge on any atom is 0.350 e. The average molecular weight is 644 g/mol. The minimum Gasteiger partial charge on any atom is -0.466 e. The molecule has 1 fully saturated rings. The Morgan fingerprint density at radius 3 is 2.05 bits per heavy atom. The third-order valence-corrected chi connectivity index (χ3v) is 8.74. The summed E-state index contributed by atoms with van der Waals surface area (Å²) in [6, 6.07) is 7.66. The van der Waals surface area contributed by atoms with Gasteiger partial charge in [-0.05, 0) is 17.9 Å². The van der Waals surface area contributed by atoms with E-state index in [1.165, 1.54) is 6.92 Å². The van der Waals surface area contributed by atoms with E-state index in [-0.39, 0.29) is 0 Å². The minimum atomic E-state index is -1.91. The van der Waals surface area contributed by atoms with Crippen molar-refractivity contribution in [2.75, 3.05) is 19.5 Å². The molecule has 1 amide bonds. The summed E-state index contributed by atoms with van der Waals surface area (Å²) in [7, 11) is 1.16. The number of carbonyl (C=O) groups is 6. The van der Waals surface area contributed by atoms with Gasteiger partial charge in [-0.15, -0.1) is 23.5 Å². The summed E-state index contributed by atoms with van der Waals surface area (Å²) < 4.78 is 33.7. The molecule has 1 aliphatic heterocycles. The third-order valence-electron chi connectivity index (χ3n) is 5.96. The lowest BCUT2D eigenvalue weighted by molar-refractivity contribution is -0.222. The predicted octanol–water partition coefficient (Wildman–Crippen LogP) is 2.03. The summed E-state index contributed by atoms with van der Waals surface area (Å²) in [6.07, 6.45) is -5.80. The van der Waals surface area contributed by atoms with Gasteiger partial charge >= 0.3 is 29.8 Å². The molecule has 13 nitrogen and oxygen atoms in total. The standard InChI is InChI=1S/C28H37NO12S2/c1-8-42-28(27(35)36-7)26(43-20-12-10-9-11-13-20)25(40-19(6)34)22(29-15(2)30)24(41-28)23(39-18(5)33)21(38-17(4)32)14-37-16(3)31/h9-13,21-26H,8,14H2,1-7H3,(H,29,30)/t21-,22-,23+,24?,25+,26?,28-/m0/s1. The van der Waals surface area contributed by atoms with Crippen LogP contribution in [-0.4, -0.2) is 95.9 Å². The largest absolute Gasteiger partial charge is 0.466 e. The second kappa shape index (κ2) is 16.5. The first kappa shape index (κ1) is 35.9. The molecule has 1 aromatic carbocycles. The lowest BCUT2D eigenvalue weighted by Crippen LogP contribution is -2.73. The van der Waals surface area contributed by atoms with Crippen LogP contribution < -0.4 is 5.32 Å². The zero-order chi connectivity index (χ0) is 32.3. The van der Waals surface area contributed by atoms with Crippen molar-refractivity contribution in [2.45, 2.75) is 87.1 Å². The molecule has 0 saturated carbocycles. The smallest absolute Gasteiger partial charge is 0.350 e. The maximum atomic E-state index is 13.7. The number of carbonyl (C=O) groups excluding carboxylic acids is 6. The fourth-order valence-electron chi connectivity index (χ4n) is 4.57. The minimum absolute atomic E-state index is 0.310. The van der Waals surface area contributed by atoms with Gasteiger partial charge in [0.15, 0.2) is 12.2 Å². The highest BCUT2D eigenvalue weighted by atomic mass is 32.2. The Balaban J connectivity index is 2.89. The van der Waals surface area contributed by atoms with E-state index >= 15 is 0 Å². The Morgan fingerprint density at radius 2 is 1.56 bits per heavy atom. The van der Waals surface area contributed by atoms with Crippen LogP contribution in [0.4, 0.5) is 0 Å². The van der Waals surface area contributed by atoms with Crippen molar-refractivity contribution in [2.24, 2.45) is 0 Å². The molecule has 0 aromatic heterocycles. The van der Waals surface area contributed by atoms with Crippen molar-refractivity contribution in [1.82, 2.24) is 5.32 Å². The number of amides is 1. The van der Waals surface area contributed by atoms with Crippen LogP contribution in [0.15, 0.2) is 35.2 Å². The monoisotopic (exact) mass is 643 g/mol. The molecular formula is C28H37NO12S2. The van der Waals surface area contributed by atoms with Gasteiger partial charge in [-0.25, -0.2) is 4.79 Å². The summed E-state index contributed by atoms with van der Waals surface area (Å²) in [4.78, 5) is 73.8. The molecule has 1 aliphatic rings. The molecule has 0 radical (unpaired) electrons. The number of thioether (sulfide) groups is 2. The zero-order valence-corrected chi connectivity index (χ0v) is 26.6. The highest BCUT2D eigenvalue weighted by Gasteiger charge is 2.64. The number of ether oxygens (including phenoxy) is 6. The van der Waals surface area contributed by atoms with Crippen LogP contribution >= 0.6 is 23.5 Å². The lowest BCUT2D eigenvalue weighted by Gasteiger charge is -2.52. The Hall–Kier alpha value is -3.30. The van der Waals surface area contributed by atoms with E-state index in [1.54, 1.807) is 37.3 Å². The highest BCUT2D eigenvalue weighted by Crippen LogP contribution is 2.49. The predicted molar refractivity (Wildman–Crippen MR) is 155 cm³/mol. The van der Waals surface area contributed by atoms with Crippen LogP contribution in [0.25, 0.3) is 0 Å². The fraction of sp³-hybridized carbons (Fsp3) is 0.571. The zero-order valence-electron chi connectivity index (χ0n) is 25.0. The second-order valence-electron chi connectivity index (χ2n) is 9.35. The molecule has 1 saturated heterocycles. The van der Waals surface area contributed by atoms with Crippen LogP contribution in [0.2, 0.25) is 0 Å². The molecule has 7 atom stereocenters. The van der Waals surface area contributed by atoms with Crippen molar-refractivity contribution in [3.05, 3.63) is 30.3 Å². The van der Waals surface area contributed by atoms with Gasteiger partial charge in [0.2, 0.25) is 10.8 Å². The molecule has 15 heteroatoms. The number of benzene rings is 1. The molecule has 0 spiro atoms. The Kier molecular flexibility index (Phi) is 13.8. The van der Waals surface area contributed by atoms with Gasteiger partial charge in [-0.2, -0.15) is 0 Å². The van der Waals surface area contributed by atoms with Gasteiger partial charge in [0.05, 0.1) is 18.4 Å². The number of esters is 5. The molecular weight excluding hydrogens is 606 g/mol. The topological polar surface area (TPSA) is 170 Å². The third kappa shape index (κ3) is 9.86. The molecule has 1 heterocycles. The van der Waals surface area contributed by atoms with Gasteiger partial charge in [0, 0.05) is 39.5 Å². The number of rotatable bonds is 13. The molecule has 1 N–H and O–H groups in total. The number of hydrogen-bond acceptors (Lipinski definition) is 14. The SMILES string of the molecule is CCS[C@@]1(C(=O)OC)OC([C@H](OC(C)=O)[C@H](COC(C)=O)OC(C)=O)[C@H](NC(C)=O)[C@@H](OC(C)=O)C1Sc1ccccc1. The number of nitrogens with one attached hydrogen (secondary N) is 1. The molecule has 0 aliphatic carbocycles. The quantitative estimate of drug-likeness (QED) is 0.245. The first-order valence-electron chi connectivity index (χ1n) is 13.3. The Morgan fingerprint density at radius 1 is 0.930 bits per heavy atom. The van der Waals surface area contributed by atoms with E-state index in [4.69, 9.17) is 28.4 Å². The van der Waals surface area contributed by atoms with E-state index in [2.05, 4.69) is 5.32 Å². The first-order valence-corrected chi connectivity index (χ1v) is 15.2. The molecule has 2 rings (SSSR count). The average Bonchev–Trinajstić information content (AvgIpc) is 2.92. The summed E-state index contributed by atoms with van der Waals surface area (Å²) in [5.41, 5.74) is 0. The van der Waals surface area contributed by atoms with E-state index in [0.717, 1.165) is 58.3 Å². The number of hydrogen-bond donors (Lipinski definition) is 1. The molecule has 1 aromatic rings. The van der Waals surface area contributed by atoms with Crippen molar-refractivity contribution in [3.63, 3.8) is 0 Å². The van der Waals surface area contributed by atoms with Crippen LogP contribution in [-0.2, 0) is 57.2 Å². The highest BCUT2D eigenvalue weighted by molar-refractivity contribution is 8.04. The molecule has 238 valence electrons. The summed E-state index contributed by atoms with van der Waals surface area (Å²) in [5.74, 6) is -4.21. The van der Waals surface area contributed by atoms with Gasteiger partial charge < -0.3 is 33.7 Å². The van der Waals surface area contributed by atoms with Crippen LogP contribution in [0.3, 0.4) is 0 Å². The second-order valence-corrected chi connectivity index (χ2v) is 12.0. The maximum absolute atomic E-state index is 13.7. The lowest BCUT2D eigenvalue weighted by atomic mass is 9.88. The molecule has 2 unspecified atom stereocenters. The van der Waals surface area contributed by atoms with Gasteiger partial charge in [0.1, 0.15) is 18.8 Å². The first-order chi connectivity index (χ1) is 20.2. The van der Waals surface area contributed by atoms with Crippen molar-refractivity contribution < 1.29 is 57.2 Å². The van der Waals surface area contributed by atoms with Crippen LogP contribution in [0.1, 0.15) is 41.5 Å². The summed E-state index contributed by atoms with van der Waals surface area (Å²) in [6.45, 7) is 6.90. The van der Waals surface area contributed by atoms with E-state index in [1.807, 2.05) is 0 Å². The van der Waals surface area contributed by atoms with Gasteiger partial charge in [-0.3, -0.25) is 24.0 Å². The van der Waals surface area contributed by atoms with E-state index in [0.29, 0.717) is 10.6 Å². The Bertz CT molecular complexity index is 1170. The van der Waals surface area contributed by atoms with E-state index in [9.17, 15) is 28.8 Å². The summed E-state index contributed by atoms with van der Waals surface area (Å²) in [5, 5.41) is 1.69. The van der Waals surface area contributed by atoms with Gasteiger partial charge in [-0.1, -0.05) is 25.1 Å². The molecule has 0 bridgehead atoms. The van der Waals surface area contributed by atoms with E-state index < -0.39 is 83.0 Å². The van der Waals surface area contributed by atoms with Crippen molar-refractivity contribution in [3.8, 4) is 0 Å². The van der Waals surface area contributed by atoms with Crippen LogP contribution in [0, 0.1) is 0 Å². The van der Waals surface area contributed by atoms with Crippen LogP contribution in [0.5, 0.6) is 0 Å². The van der Waals surface area contributed by atoms with Crippen molar-refractivity contribution in [1.29, 1.82) is 0 Å².